The number of benzene rings is 3. The number of hydrogen-bond acceptors (Lipinski definition) is 3. The lowest BCUT2D eigenvalue weighted by Crippen LogP contribution is -2.12. The highest BCUT2D eigenvalue weighted by Crippen LogP contribution is 2.26. The van der Waals surface area contributed by atoms with E-state index in [1.165, 1.54) is 12.1 Å². The highest BCUT2D eigenvalue weighted by atomic mass is 16.3. The summed E-state index contributed by atoms with van der Waals surface area (Å²) in [5.41, 5.74) is 3.61. The number of para-hydroxylation sites is 1. The molecule has 0 aliphatic carbocycles. The van der Waals surface area contributed by atoms with Crippen LogP contribution in [0, 0.1) is 0 Å². The lowest BCUT2D eigenvalue weighted by Gasteiger charge is -2.10. The van der Waals surface area contributed by atoms with Gasteiger partial charge in [0.15, 0.2) is 0 Å². The normalized spacial score (nSPS) is 10.6. The molecule has 0 saturated carbocycles. The van der Waals surface area contributed by atoms with Gasteiger partial charge in [0.2, 0.25) is 0 Å². The third kappa shape index (κ3) is 3.13. The van der Waals surface area contributed by atoms with Gasteiger partial charge in [-0.05, 0) is 30.3 Å². The van der Waals surface area contributed by atoms with Crippen LogP contribution in [-0.4, -0.2) is 16.0 Å². The molecule has 0 radical (unpaired) electrons. The fourth-order valence-corrected chi connectivity index (χ4v) is 2.86. The molecule has 1 amide bonds. The van der Waals surface area contributed by atoms with E-state index in [9.17, 15) is 9.90 Å². The minimum absolute atomic E-state index is 0.0556. The summed E-state index contributed by atoms with van der Waals surface area (Å²) in [5.74, 6) is -0.236. The molecule has 0 aliphatic rings. The van der Waals surface area contributed by atoms with Crippen LogP contribution in [0.15, 0.2) is 84.9 Å². The molecule has 0 unspecified atom stereocenters. The summed E-state index contributed by atoms with van der Waals surface area (Å²) in [4.78, 5) is 17.3. The number of rotatable bonds is 3. The van der Waals surface area contributed by atoms with Crippen molar-refractivity contribution >= 4 is 22.5 Å². The Morgan fingerprint density at radius 2 is 1.65 bits per heavy atom. The Hall–Kier alpha value is -3.66. The molecule has 0 saturated heterocycles. The van der Waals surface area contributed by atoms with Crippen LogP contribution in [0.1, 0.15) is 10.4 Å². The largest absolute Gasteiger partial charge is 0.508 e. The molecule has 4 heteroatoms. The van der Waals surface area contributed by atoms with Crippen molar-refractivity contribution in [3.63, 3.8) is 0 Å². The summed E-state index contributed by atoms with van der Waals surface area (Å²) >= 11 is 0. The second kappa shape index (κ2) is 6.69. The smallest absolute Gasteiger partial charge is 0.255 e. The van der Waals surface area contributed by atoms with Gasteiger partial charge in [0.05, 0.1) is 16.9 Å². The van der Waals surface area contributed by atoms with Crippen molar-refractivity contribution in [3.05, 3.63) is 90.5 Å². The number of anilines is 1. The lowest BCUT2D eigenvalue weighted by molar-refractivity contribution is 0.102. The summed E-state index contributed by atoms with van der Waals surface area (Å²) in [6.45, 7) is 0. The number of aromatic nitrogens is 1. The van der Waals surface area contributed by atoms with Gasteiger partial charge in [-0.15, -0.1) is 0 Å². The SMILES string of the molecule is O=C(Nc1cccc2ccc(-c3ccccc3)nc12)c1cccc(O)c1. The highest BCUT2D eigenvalue weighted by molar-refractivity contribution is 6.08. The van der Waals surface area contributed by atoms with Gasteiger partial charge in [-0.2, -0.15) is 0 Å². The van der Waals surface area contributed by atoms with Gasteiger partial charge < -0.3 is 10.4 Å². The van der Waals surface area contributed by atoms with Crippen molar-refractivity contribution in [2.24, 2.45) is 0 Å². The Morgan fingerprint density at radius 1 is 0.846 bits per heavy atom. The molecule has 3 aromatic carbocycles. The van der Waals surface area contributed by atoms with Crippen molar-refractivity contribution in [1.29, 1.82) is 0 Å². The Bertz CT molecular complexity index is 1090. The van der Waals surface area contributed by atoms with E-state index in [1.54, 1.807) is 12.1 Å². The van der Waals surface area contributed by atoms with Crippen molar-refractivity contribution in [1.82, 2.24) is 4.98 Å². The third-order valence-electron chi connectivity index (χ3n) is 4.15. The van der Waals surface area contributed by atoms with Gasteiger partial charge >= 0.3 is 0 Å². The van der Waals surface area contributed by atoms with Crippen LogP contribution < -0.4 is 5.32 Å². The van der Waals surface area contributed by atoms with Crippen molar-refractivity contribution in [3.8, 4) is 17.0 Å². The number of carbonyl (C=O) groups is 1. The number of phenols is 1. The number of nitrogens with zero attached hydrogens (tertiary/aromatic N) is 1. The fraction of sp³-hybridized carbons (Fsp3) is 0. The summed E-state index contributed by atoms with van der Waals surface area (Å²) in [6, 6.07) is 25.8. The van der Waals surface area contributed by atoms with Gasteiger partial charge in [0.1, 0.15) is 5.75 Å². The zero-order valence-electron chi connectivity index (χ0n) is 13.9. The summed E-state index contributed by atoms with van der Waals surface area (Å²) in [5, 5.41) is 13.4. The topological polar surface area (TPSA) is 62.2 Å². The molecule has 126 valence electrons. The van der Waals surface area contributed by atoms with E-state index < -0.39 is 0 Å². The van der Waals surface area contributed by atoms with Gasteiger partial charge in [0, 0.05) is 16.5 Å². The van der Waals surface area contributed by atoms with Gasteiger partial charge in [-0.25, -0.2) is 4.98 Å². The number of carbonyl (C=O) groups excluding carboxylic acids is 1. The first kappa shape index (κ1) is 15.8. The number of nitrogens with one attached hydrogen (secondary N) is 1. The first-order valence-electron chi connectivity index (χ1n) is 8.26. The molecule has 4 rings (SSSR count). The van der Waals surface area contributed by atoms with Crippen LogP contribution >= 0.6 is 0 Å². The highest BCUT2D eigenvalue weighted by Gasteiger charge is 2.11. The Balaban J connectivity index is 1.74. The van der Waals surface area contributed by atoms with Crippen molar-refractivity contribution in [2.75, 3.05) is 5.32 Å². The van der Waals surface area contributed by atoms with Crippen LogP contribution in [0.2, 0.25) is 0 Å². The van der Waals surface area contributed by atoms with Crippen LogP contribution in [0.3, 0.4) is 0 Å². The number of fused-ring (bicyclic) bond motifs is 1. The Kier molecular flexibility index (Phi) is 4.07. The van der Waals surface area contributed by atoms with Gasteiger partial charge in [-0.3, -0.25) is 4.79 Å². The number of hydrogen-bond donors (Lipinski definition) is 2. The Morgan fingerprint density at radius 3 is 2.46 bits per heavy atom. The molecule has 4 nitrogen and oxygen atoms in total. The maximum atomic E-state index is 12.5. The molecule has 0 aliphatic heterocycles. The third-order valence-corrected chi connectivity index (χ3v) is 4.15. The molecule has 0 spiro atoms. The predicted octanol–water partition coefficient (Wildman–Crippen LogP) is 4.86. The summed E-state index contributed by atoms with van der Waals surface area (Å²) in [7, 11) is 0. The van der Waals surface area contributed by atoms with Crippen LogP contribution in [0.4, 0.5) is 5.69 Å². The molecule has 2 N–H and O–H groups in total. The van der Waals surface area contributed by atoms with E-state index in [0.717, 1.165) is 22.2 Å². The first-order valence-corrected chi connectivity index (χ1v) is 8.26. The monoisotopic (exact) mass is 340 g/mol. The van der Waals surface area contributed by atoms with Crippen LogP contribution in [0.5, 0.6) is 5.75 Å². The first-order chi connectivity index (χ1) is 12.7. The molecule has 1 heterocycles. The molecule has 4 aromatic rings. The standard InChI is InChI=1S/C22H16N2O2/c25-18-10-4-9-17(14-18)22(26)24-20-11-5-8-16-12-13-19(23-21(16)20)15-6-2-1-3-7-15/h1-14,25H,(H,24,26). The van der Waals surface area contributed by atoms with E-state index in [0.29, 0.717) is 11.3 Å². The molecule has 1 aromatic heterocycles. The molecular weight excluding hydrogens is 324 g/mol. The molecule has 0 atom stereocenters. The van der Waals surface area contributed by atoms with E-state index in [2.05, 4.69) is 5.32 Å². The fourth-order valence-electron chi connectivity index (χ4n) is 2.86. The Labute approximate surface area is 150 Å². The number of phenolic OH excluding ortho intramolecular Hbond substituents is 1. The molecular formula is C22H16N2O2. The summed E-state index contributed by atoms with van der Waals surface area (Å²) < 4.78 is 0. The van der Waals surface area contributed by atoms with Crippen LogP contribution in [-0.2, 0) is 0 Å². The maximum Gasteiger partial charge on any atom is 0.255 e. The molecule has 0 bridgehead atoms. The summed E-state index contributed by atoms with van der Waals surface area (Å²) in [6.07, 6.45) is 0. The van der Waals surface area contributed by atoms with E-state index >= 15 is 0 Å². The van der Waals surface area contributed by atoms with Crippen LogP contribution in [0.25, 0.3) is 22.2 Å². The van der Waals surface area contributed by atoms with E-state index in [1.807, 2.05) is 60.7 Å². The van der Waals surface area contributed by atoms with E-state index in [4.69, 9.17) is 4.98 Å². The zero-order chi connectivity index (χ0) is 17.9. The number of amides is 1. The quantitative estimate of drug-likeness (QED) is 0.560. The second-order valence-corrected chi connectivity index (χ2v) is 5.94. The lowest BCUT2D eigenvalue weighted by atomic mass is 10.1. The van der Waals surface area contributed by atoms with Crippen molar-refractivity contribution in [2.45, 2.75) is 0 Å². The minimum Gasteiger partial charge on any atom is -0.508 e. The minimum atomic E-state index is -0.291. The second-order valence-electron chi connectivity index (χ2n) is 5.94. The van der Waals surface area contributed by atoms with E-state index in [-0.39, 0.29) is 11.7 Å². The predicted molar refractivity (Wildman–Crippen MR) is 103 cm³/mol. The average Bonchev–Trinajstić information content (AvgIpc) is 2.68. The molecule has 26 heavy (non-hydrogen) atoms. The zero-order valence-corrected chi connectivity index (χ0v) is 13.9. The van der Waals surface area contributed by atoms with Gasteiger partial charge in [0.25, 0.3) is 5.91 Å². The number of aromatic hydroxyl groups is 1. The van der Waals surface area contributed by atoms with Gasteiger partial charge in [-0.1, -0.05) is 54.6 Å². The maximum absolute atomic E-state index is 12.5. The number of pyridine rings is 1. The molecule has 0 fully saturated rings. The average molecular weight is 340 g/mol. The van der Waals surface area contributed by atoms with Crippen molar-refractivity contribution < 1.29 is 9.90 Å².